The Labute approximate surface area is 240 Å². The largest absolute Gasteiger partial charge is 0.462 e. The van der Waals surface area contributed by atoms with Gasteiger partial charge in [-0.3, -0.25) is 14.2 Å². The highest BCUT2D eigenvalue weighted by Crippen LogP contribution is 2.48. The number of carbonyl (C=O) groups is 2. The van der Waals surface area contributed by atoms with Crippen molar-refractivity contribution in [3.8, 4) is 0 Å². The molecule has 1 fully saturated rings. The smallest absolute Gasteiger partial charge is 0.351 e. The van der Waals surface area contributed by atoms with Gasteiger partial charge in [0.25, 0.3) is 11.8 Å². The Morgan fingerprint density at radius 2 is 2.05 bits per heavy atom. The van der Waals surface area contributed by atoms with E-state index in [1.54, 1.807) is 34.6 Å². The van der Waals surface area contributed by atoms with Gasteiger partial charge < -0.3 is 29.4 Å². The predicted octanol–water partition coefficient (Wildman–Crippen LogP) is 2.48. The van der Waals surface area contributed by atoms with Crippen molar-refractivity contribution in [3.05, 3.63) is 22.7 Å². The Morgan fingerprint density at radius 1 is 1.41 bits per heavy atom. The number of hydrogen-bond donors (Lipinski definition) is 3. The number of carbonyl (C=O) groups excluding carboxylic acids is 2. The van der Waals surface area contributed by atoms with Gasteiger partial charge >= 0.3 is 11.7 Å². The molecular formula is C22H35ClFN4O8PS2. The van der Waals surface area contributed by atoms with Crippen LogP contribution in [0.3, 0.4) is 0 Å². The van der Waals surface area contributed by atoms with Gasteiger partial charge in [0.15, 0.2) is 11.3 Å². The number of esters is 1. The van der Waals surface area contributed by atoms with Gasteiger partial charge in [-0.15, -0.1) is 0 Å². The molecule has 6 atom stereocenters. The SMILES string of the molecule is CC(C)OC(=O)[C@H](C)NP(=S)(OCCSC(=O)C(C)(C)C)OC[C@H]1O[C@@H](n2ccc(N)nc2=O)[C@](F)(Cl)[C@@H]1O. The summed E-state index contributed by atoms with van der Waals surface area (Å²) in [6, 6.07) is 0.294. The maximum Gasteiger partial charge on any atom is 0.351 e. The molecule has 1 aromatic rings. The summed E-state index contributed by atoms with van der Waals surface area (Å²) in [5.41, 5.74) is 3.99. The minimum absolute atomic E-state index is 0.0194. The fourth-order valence-corrected chi connectivity index (χ4v) is 6.69. The van der Waals surface area contributed by atoms with Crippen LogP contribution in [0.25, 0.3) is 0 Å². The summed E-state index contributed by atoms with van der Waals surface area (Å²) >= 11 is 12.6. The van der Waals surface area contributed by atoms with E-state index < -0.39 is 59.9 Å². The van der Waals surface area contributed by atoms with Crippen molar-refractivity contribution in [2.24, 2.45) is 5.41 Å². The van der Waals surface area contributed by atoms with E-state index in [2.05, 4.69) is 10.1 Å². The predicted molar refractivity (Wildman–Crippen MR) is 149 cm³/mol. The quantitative estimate of drug-likeness (QED) is 0.133. The van der Waals surface area contributed by atoms with Gasteiger partial charge in [-0.05, 0) is 38.6 Å². The number of nitrogens with two attached hydrogens (primary N) is 1. The number of nitrogens with zero attached hydrogens (tertiary/aromatic N) is 2. The van der Waals surface area contributed by atoms with Gasteiger partial charge in [0, 0.05) is 17.4 Å². The highest BCUT2D eigenvalue weighted by atomic mass is 35.5. The van der Waals surface area contributed by atoms with Gasteiger partial charge in [0.05, 0.1) is 19.3 Å². The number of hydrogen-bond acceptors (Lipinski definition) is 12. The number of nitrogen functional groups attached to an aromatic ring is 1. The number of ether oxygens (including phenoxy) is 2. The second-order valence-corrected chi connectivity index (χ2v) is 14.9. The minimum atomic E-state index is -3.50. The number of aliphatic hydroxyl groups excluding tert-OH is 1. The lowest BCUT2D eigenvalue weighted by atomic mass is 10.00. The molecule has 1 unspecified atom stereocenters. The lowest BCUT2D eigenvalue weighted by molar-refractivity contribution is -0.149. The van der Waals surface area contributed by atoms with Gasteiger partial charge in [0.2, 0.25) is 0 Å². The van der Waals surface area contributed by atoms with Gasteiger partial charge in [-0.25, -0.2) is 14.3 Å². The van der Waals surface area contributed by atoms with Crippen LogP contribution in [0.4, 0.5) is 10.2 Å². The molecule has 4 N–H and O–H groups in total. The van der Waals surface area contributed by atoms with E-state index >= 15 is 4.39 Å². The lowest BCUT2D eigenvalue weighted by Crippen LogP contribution is -2.41. The first-order chi connectivity index (χ1) is 17.9. The average Bonchev–Trinajstić information content (AvgIpc) is 3.03. The maximum atomic E-state index is 15.3. The summed E-state index contributed by atoms with van der Waals surface area (Å²) < 4.78 is 38.3. The number of anilines is 1. The number of aromatic nitrogens is 2. The van der Waals surface area contributed by atoms with E-state index in [0.29, 0.717) is 0 Å². The van der Waals surface area contributed by atoms with Gasteiger partial charge in [-0.2, -0.15) is 4.98 Å². The fraction of sp³-hybridized carbons (Fsp3) is 0.727. The van der Waals surface area contributed by atoms with Crippen LogP contribution < -0.4 is 16.5 Å². The molecule has 0 bridgehead atoms. The summed E-state index contributed by atoms with van der Waals surface area (Å²) in [5, 5.41) is 10.4. The zero-order valence-electron chi connectivity index (χ0n) is 22.5. The first-order valence-corrected chi connectivity index (χ1v) is 16.0. The van der Waals surface area contributed by atoms with Crippen LogP contribution in [0, 0.1) is 5.41 Å². The third kappa shape index (κ3) is 9.44. The Kier molecular flexibility index (Phi) is 11.9. The minimum Gasteiger partial charge on any atom is -0.462 e. The standard InChI is InChI=1S/C22H35ClFN4O8PS2/c1-12(2)35-17(30)13(3)27-37(38,33-9-10-39-19(31)21(4,5)6)34-11-14-16(29)22(23,24)18(36-14)28-8-7-15(25)26-20(28)32/h7-8,12-14,16,18,29H,9-11H2,1-6H3,(H,27,38)(H2,25,26,32)/t13-,14+,16+,18+,22-,37?/m0/s1. The van der Waals surface area contributed by atoms with Crippen molar-refractivity contribution in [2.45, 2.75) is 77.3 Å². The molecule has 2 rings (SSSR count). The highest BCUT2D eigenvalue weighted by molar-refractivity contribution is 8.13. The second kappa shape index (κ2) is 13.7. The molecule has 0 aliphatic carbocycles. The van der Waals surface area contributed by atoms with E-state index in [1.165, 1.54) is 13.0 Å². The number of halogens is 2. The Bertz CT molecular complexity index is 1140. The monoisotopic (exact) mass is 632 g/mol. The zero-order valence-corrected chi connectivity index (χ0v) is 25.7. The van der Waals surface area contributed by atoms with Crippen LogP contribution in [0.2, 0.25) is 0 Å². The lowest BCUT2D eigenvalue weighted by Gasteiger charge is -2.28. The van der Waals surface area contributed by atoms with E-state index in [-0.39, 0.29) is 29.4 Å². The molecule has 222 valence electrons. The first kappa shape index (κ1) is 34.0. The summed E-state index contributed by atoms with van der Waals surface area (Å²) in [7, 11) is 0. The molecule has 1 aromatic heterocycles. The van der Waals surface area contributed by atoms with Crippen LogP contribution in [0.15, 0.2) is 17.1 Å². The Hall–Kier alpha value is -1.16. The van der Waals surface area contributed by atoms with Gasteiger partial charge in [-0.1, -0.05) is 44.1 Å². The Balaban J connectivity index is 2.16. The normalized spacial score (nSPS) is 25.8. The average molecular weight is 633 g/mol. The third-order valence-corrected chi connectivity index (χ3v) is 9.46. The first-order valence-electron chi connectivity index (χ1n) is 12.0. The van der Waals surface area contributed by atoms with Crippen LogP contribution >= 0.6 is 30.0 Å². The van der Waals surface area contributed by atoms with Crippen LogP contribution in [0.5, 0.6) is 0 Å². The highest BCUT2D eigenvalue weighted by Gasteiger charge is 2.58. The van der Waals surface area contributed by atoms with Crippen molar-refractivity contribution in [2.75, 3.05) is 24.7 Å². The molecule has 0 amide bonds. The summed E-state index contributed by atoms with van der Waals surface area (Å²) in [5.74, 6) is -0.457. The molecule has 0 saturated carbocycles. The molecule has 1 saturated heterocycles. The third-order valence-electron chi connectivity index (χ3n) is 5.14. The number of thioether (sulfide) groups is 1. The topological polar surface area (TPSA) is 164 Å². The van der Waals surface area contributed by atoms with Crippen LogP contribution in [-0.4, -0.2) is 74.2 Å². The molecular weight excluding hydrogens is 598 g/mol. The number of aliphatic hydroxyl groups is 1. The fourth-order valence-electron chi connectivity index (χ4n) is 3.13. The maximum absolute atomic E-state index is 15.3. The van der Waals surface area contributed by atoms with Crippen molar-refractivity contribution < 1.29 is 37.6 Å². The molecule has 2 heterocycles. The van der Waals surface area contributed by atoms with Crippen molar-refractivity contribution >= 4 is 58.7 Å². The molecule has 1 aliphatic rings. The molecule has 12 nitrogen and oxygen atoms in total. The molecule has 0 radical (unpaired) electrons. The Morgan fingerprint density at radius 3 is 2.62 bits per heavy atom. The zero-order chi connectivity index (χ0) is 29.8. The summed E-state index contributed by atoms with van der Waals surface area (Å²) in [6.07, 6.45) is -4.33. The van der Waals surface area contributed by atoms with Gasteiger partial charge in [0.1, 0.15) is 24.1 Å². The van der Waals surface area contributed by atoms with E-state index in [0.717, 1.165) is 22.5 Å². The van der Waals surface area contributed by atoms with Crippen molar-refractivity contribution in [1.82, 2.24) is 14.6 Å². The molecule has 0 spiro atoms. The molecule has 0 aromatic carbocycles. The number of nitrogens with one attached hydrogen (secondary N) is 1. The van der Waals surface area contributed by atoms with Crippen molar-refractivity contribution in [1.29, 1.82) is 0 Å². The van der Waals surface area contributed by atoms with E-state index in [9.17, 15) is 19.5 Å². The van der Waals surface area contributed by atoms with E-state index in [1.807, 2.05) is 0 Å². The molecule has 17 heteroatoms. The summed E-state index contributed by atoms with van der Waals surface area (Å²) in [4.78, 5) is 40.3. The number of alkyl halides is 2. The number of rotatable bonds is 12. The summed E-state index contributed by atoms with van der Waals surface area (Å²) in [6.45, 7) is 6.20. The molecule has 1 aliphatic heterocycles. The molecule has 39 heavy (non-hydrogen) atoms. The van der Waals surface area contributed by atoms with Crippen LogP contribution in [0.1, 0.15) is 47.8 Å². The van der Waals surface area contributed by atoms with Crippen molar-refractivity contribution in [3.63, 3.8) is 0 Å². The second-order valence-electron chi connectivity index (χ2n) is 10.0. The van der Waals surface area contributed by atoms with E-state index in [4.69, 9.17) is 47.7 Å². The van der Waals surface area contributed by atoms with Crippen LogP contribution in [-0.2, 0) is 39.9 Å².